The van der Waals surface area contributed by atoms with E-state index in [0.717, 1.165) is 24.5 Å². The molecule has 3 nitrogen and oxygen atoms in total. The molecule has 0 aromatic rings. The molecule has 1 aliphatic carbocycles. The largest absolute Gasteiger partial charge is 0.478 e. The molecule has 2 fully saturated rings. The van der Waals surface area contributed by atoms with Crippen molar-refractivity contribution in [3.8, 4) is 0 Å². The number of rotatable bonds is 1. The maximum Gasteiger partial charge on any atom is 0.201 e. The maximum atomic E-state index is 5.59. The Balaban J connectivity index is 1.76. The molecule has 1 saturated carbocycles. The predicted molar refractivity (Wildman–Crippen MR) is 50.9 cm³/mol. The fourth-order valence-electron chi connectivity index (χ4n) is 2.80. The van der Waals surface area contributed by atoms with Crippen LogP contribution in [0, 0.1) is 5.92 Å². The molecule has 4 atom stereocenters. The lowest BCUT2D eigenvalue weighted by atomic mass is 10.00. The van der Waals surface area contributed by atoms with Crippen molar-refractivity contribution in [1.82, 2.24) is 5.32 Å². The highest BCUT2D eigenvalue weighted by atomic mass is 16.5. The molecule has 3 rings (SSSR count). The van der Waals surface area contributed by atoms with E-state index in [1.807, 2.05) is 0 Å². The van der Waals surface area contributed by atoms with Crippen molar-refractivity contribution in [2.75, 3.05) is 6.61 Å². The van der Waals surface area contributed by atoms with Crippen LogP contribution in [0.4, 0.5) is 0 Å². The first-order valence-corrected chi connectivity index (χ1v) is 5.29. The van der Waals surface area contributed by atoms with E-state index in [1.54, 1.807) is 0 Å². The minimum absolute atomic E-state index is 0.371. The van der Waals surface area contributed by atoms with Crippen LogP contribution in [0.5, 0.6) is 0 Å². The van der Waals surface area contributed by atoms with Crippen LogP contribution in [0.1, 0.15) is 26.2 Å². The third kappa shape index (κ3) is 1.17. The van der Waals surface area contributed by atoms with E-state index >= 15 is 0 Å². The van der Waals surface area contributed by atoms with Crippen LogP contribution in [0.3, 0.4) is 0 Å². The highest BCUT2D eigenvalue weighted by Crippen LogP contribution is 2.36. The second kappa shape index (κ2) is 2.71. The smallest absolute Gasteiger partial charge is 0.201 e. The monoisotopic (exact) mass is 180 g/mol. The van der Waals surface area contributed by atoms with Crippen LogP contribution in [0.2, 0.25) is 0 Å². The Kier molecular flexibility index (Phi) is 1.62. The molecule has 0 radical (unpaired) electrons. The van der Waals surface area contributed by atoms with E-state index in [0.29, 0.717) is 12.1 Å². The molecule has 0 unspecified atom stereocenters. The molecule has 0 aromatic heterocycles. The van der Waals surface area contributed by atoms with Crippen molar-refractivity contribution in [1.29, 1.82) is 0 Å². The lowest BCUT2D eigenvalue weighted by molar-refractivity contribution is 0.292. The molecule has 0 amide bonds. The molecule has 3 heteroatoms. The van der Waals surface area contributed by atoms with Gasteiger partial charge in [0.1, 0.15) is 6.61 Å². The lowest BCUT2D eigenvalue weighted by Gasteiger charge is -2.22. The first-order valence-electron chi connectivity index (χ1n) is 5.29. The third-order valence-corrected chi connectivity index (χ3v) is 3.45. The predicted octanol–water partition coefficient (Wildman–Crippen LogP) is 0.944. The van der Waals surface area contributed by atoms with Gasteiger partial charge in [-0.3, -0.25) is 0 Å². The zero-order valence-electron chi connectivity index (χ0n) is 7.99. The van der Waals surface area contributed by atoms with Crippen molar-refractivity contribution in [2.24, 2.45) is 10.9 Å². The summed E-state index contributed by atoms with van der Waals surface area (Å²) in [5.41, 5.74) is 0. The number of hydrogen-bond acceptors (Lipinski definition) is 3. The number of hydrogen-bond donors (Lipinski definition) is 1. The molecule has 0 aromatic carbocycles. The quantitative estimate of drug-likeness (QED) is 0.651. The summed E-state index contributed by atoms with van der Waals surface area (Å²) in [5, 5.41) is 3.60. The van der Waals surface area contributed by atoms with Gasteiger partial charge in [0.2, 0.25) is 5.90 Å². The van der Waals surface area contributed by atoms with Crippen LogP contribution in [-0.4, -0.2) is 30.6 Å². The highest BCUT2D eigenvalue weighted by Gasteiger charge is 2.43. The summed E-state index contributed by atoms with van der Waals surface area (Å²) in [6.45, 7) is 2.89. The number of nitrogens with one attached hydrogen (secondary N) is 1. The van der Waals surface area contributed by atoms with Crippen molar-refractivity contribution < 1.29 is 4.74 Å². The van der Waals surface area contributed by atoms with E-state index in [1.165, 1.54) is 19.3 Å². The van der Waals surface area contributed by atoms with Gasteiger partial charge in [-0.2, -0.15) is 0 Å². The van der Waals surface area contributed by atoms with Gasteiger partial charge in [-0.15, -0.1) is 0 Å². The summed E-state index contributed by atoms with van der Waals surface area (Å²) < 4.78 is 5.59. The van der Waals surface area contributed by atoms with Crippen LogP contribution in [0.25, 0.3) is 0 Å². The van der Waals surface area contributed by atoms with Gasteiger partial charge in [-0.05, 0) is 32.1 Å². The second-order valence-corrected chi connectivity index (χ2v) is 4.54. The molecule has 3 aliphatic rings. The molecule has 0 spiro atoms. The van der Waals surface area contributed by atoms with Crippen LogP contribution in [-0.2, 0) is 4.74 Å². The number of nitrogens with zero attached hydrogens (tertiary/aromatic N) is 1. The van der Waals surface area contributed by atoms with Gasteiger partial charge < -0.3 is 10.1 Å². The number of aliphatic imine (C=N–C) groups is 1. The van der Waals surface area contributed by atoms with Gasteiger partial charge in [-0.1, -0.05) is 0 Å². The van der Waals surface area contributed by atoms with Crippen LogP contribution >= 0.6 is 0 Å². The normalized spacial score (nSPS) is 47.9. The van der Waals surface area contributed by atoms with E-state index in [9.17, 15) is 0 Å². The minimum Gasteiger partial charge on any atom is -0.478 e. The third-order valence-electron chi connectivity index (χ3n) is 3.45. The van der Waals surface area contributed by atoms with Gasteiger partial charge in [-0.25, -0.2) is 4.99 Å². The Bertz CT molecular complexity index is 251. The minimum atomic E-state index is 0.371. The summed E-state index contributed by atoms with van der Waals surface area (Å²) in [6, 6.07) is 1.57. The van der Waals surface area contributed by atoms with Crippen molar-refractivity contribution in [3.63, 3.8) is 0 Å². The summed E-state index contributed by atoms with van der Waals surface area (Å²) in [5.74, 6) is 1.79. The van der Waals surface area contributed by atoms with E-state index in [4.69, 9.17) is 4.74 Å². The van der Waals surface area contributed by atoms with Crippen LogP contribution in [0.15, 0.2) is 4.99 Å². The summed E-state index contributed by atoms with van der Waals surface area (Å²) in [4.78, 5) is 4.52. The summed E-state index contributed by atoms with van der Waals surface area (Å²) >= 11 is 0. The Hall–Kier alpha value is -0.570. The molecule has 72 valence electrons. The zero-order chi connectivity index (χ0) is 8.84. The van der Waals surface area contributed by atoms with Gasteiger partial charge in [0.25, 0.3) is 0 Å². The molecule has 13 heavy (non-hydrogen) atoms. The standard InChI is InChI=1S/C10H16N2O/c1-6-5-13-10(11-6)9-7-2-3-8(4-7)12-9/h6-9,12H,2-5H2,1H3/t6-,7-,8+,9-/m1/s1. The summed E-state index contributed by atoms with van der Waals surface area (Å²) in [6.07, 6.45) is 4.05. The Morgan fingerprint density at radius 2 is 2.38 bits per heavy atom. The molecule has 2 heterocycles. The van der Waals surface area contributed by atoms with Crippen LogP contribution < -0.4 is 5.32 Å². The fraction of sp³-hybridized carbons (Fsp3) is 0.900. The second-order valence-electron chi connectivity index (χ2n) is 4.54. The number of fused-ring (bicyclic) bond motifs is 2. The lowest BCUT2D eigenvalue weighted by Crippen LogP contribution is -2.41. The highest BCUT2D eigenvalue weighted by molar-refractivity contribution is 5.84. The summed E-state index contributed by atoms with van der Waals surface area (Å²) in [7, 11) is 0. The average molecular weight is 180 g/mol. The first kappa shape index (κ1) is 7.80. The van der Waals surface area contributed by atoms with Crippen molar-refractivity contribution in [2.45, 2.75) is 44.3 Å². The van der Waals surface area contributed by atoms with E-state index in [-0.39, 0.29) is 0 Å². The van der Waals surface area contributed by atoms with Crippen molar-refractivity contribution in [3.05, 3.63) is 0 Å². The van der Waals surface area contributed by atoms with Gasteiger partial charge in [0.05, 0.1) is 12.1 Å². The van der Waals surface area contributed by atoms with E-state index in [2.05, 4.69) is 17.2 Å². The van der Waals surface area contributed by atoms with Gasteiger partial charge in [0, 0.05) is 6.04 Å². The fourth-order valence-corrected chi connectivity index (χ4v) is 2.80. The molecule has 2 aliphatic heterocycles. The Morgan fingerprint density at radius 3 is 2.92 bits per heavy atom. The topological polar surface area (TPSA) is 33.6 Å². The zero-order valence-corrected chi connectivity index (χ0v) is 7.99. The van der Waals surface area contributed by atoms with E-state index < -0.39 is 0 Å². The van der Waals surface area contributed by atoms with Gasteiger partial charge in [0.15, 0.2) is 0 Å². The molecular weight excluding hydrogens is 164 g/mol. The van der Waals surface area contributed by atoms with Gasteiger partial charge >= 0.3 is 0 Å². The number of piperidine rings is 1. The molecule has 1 saturated heterocycles. The first-order chi connectivity index (χ1) is 6.33. The van der Waals surface area contributed by atoms with Crippen molar-refractivity contribution >= 4 is 5.90 Å². The molecule has 2 bridgehead atoms. The molecule has 1 N–H and O–H groups in total. The SMILES string of the molecule is C[C@@H]1COC([C@@H]2N[C@H]3CC[C@@H]2C3)=N1. The maximum absolute atomic E-state index is 5.59. The average Bonchev–Trinajstić information content (AvgIpc) is 2.77. The Labute approximate surface area is 78.6 Å². The molecular formula is C10H16N2O. The number of ether oxygens (including phenoxy) is 1. The Morgan fingerprint density at radius 1 is 1.46 bits per heavy atom.